The maximum atomic E-state index is 5.81. The lowest BCUT2D eigenvalue weighted by Crippen LogP contribution is -2.14. The van der Waals surface area contributed by atoms with Gasteiger partial charge in [0.05, 0.1) is 0 Å². The number of hydrogen-bond acceptors (Lipinski definition) is 3. The highest BCUT2D eigenvalue weighted by Crippen LogP contribution is 2.29. The van der Waals surface area contributed by atoms with E-state index in [1.54, 1.807) is 0 Å². The lowest BCUT2D eigenvalue weighted by atomic mass is 10.0. The van der Waals surface area contributed by atoms with Crippen LogP contribution in [0.15, 0.2) is 24.3 Å². The molecule has 0 radical (unpaired) electrons. The molecule has 1 aromatic heterocycles. The summed E-state index contributed by atoms with van der Waals surface area (Å²) in [4.78, 5) is 0. The Hall–Kier alpha value is -1.84. The van der Waals surface area contributed by atoms with Crippen LogP contribution in [0.2, 0.25) is 0 Å². The van der Waals surface area contributed by atoms with Gasteiger partial charge in [0.2, 0.25) is 0 Å². The van der Waals surface area contributed by atoms with Gasteiger partial charge in [-0.05, 0) is 25.0 Å². The number of fused-ring (bicyclic) bond motifs is 1. The van der Waals surface area contributed by atoms with Crippen molar-refractivity contribution in [2.24, 2.45) is 0 Å². The van der Waals surface area contributed by atoms with Gasteiger partial charge in [0, 0.05) is 23.7 Å². The second-order valence-corrected chi connectivity index (χ2v) is 4.70. The number of rotatable bonds is 1. The molecule has 2 heterocycles. The quantitative estimate of drug-likeness (QED) is 0.763. The minimum atomic E-state index is 0.506. The summed E-state index contributed by atoms with van der Waals surface area (Å²) in [6, 6.07) is 7.83. The van der Waals surface area contributed by atoms with Crippen LogP contribution in [-0.4, -0.2) is 14.8 Å². The van der Waals surface area contributed by atoms with Crippen LogP contribution in [0.5, 0.6) is 0 Å². The summed E-state index contributed by atoms with van der Waals surface area (Å²) in [5.74, 6) is 2.55. The monoisotopic (exact) mass is 228 g/mol. The molecule has 2 N–H and O–H groups in total. The first-order valence-electron chi connectivity index (χ1n) is 6.04. The van der Waals surface area contributed by atoms with Crippen molar-refractivity contribution in [2.75, 3.05) is 5.73 Å². The van der Waals surface area contributed by atoms with E-state index < -0.39 is 0 Å². The Labute approximate surface area is 100 Å². The Bertz CT molecular complexity index is 544. The van der Waals surface area contributed by atoms with Crippen LogP contribution in [0.25, 0.3) is 11.4 Å². The number of anilines is 1. The topological polar surface area (TPSA) is 56.7 Å². The Morgan fingerprint density at radius 3 is 3.06 bits per heavy atom. The maximum absolute atomic E-state index is 5.81. The van der Waals surface area contributed by atoms with E-state index in [9.17, 15) is 0 Å². The van der Waals surface area contributed by atoms with Crippen LogP contribution in [-0.2, 0) is 6.54 Å². The Kier molecular flexibility index (Phi) is 2.35. The van der Waals surface area contributed by atoms with Crippen molar-refractivity contribution in [2.45, 2.75) is 32.2 Å². The van der Waals surface area contributed by atoms with Crippen LogP contribution in [0.1, 0.15) is 31.5 Å². The van der Waals surface area contributed by atoms with Crippen molar-refractivity contribution < 1.29 is 0 Å². The fourth-order valence-corrected chi connectivity index (χ4v) is 2.48. The minimum Gasteiger partial charge on any atom is -0.399 e. The van der Waals surface area contributed by atoms with Gasteiger partial charge in [-0.2, -0.15) is 0 Å². The van der Waals surface area contributed by atoms with Crippen molar-refractivity contribution in [3.8, 4) is 11.4 Å². The van der Waals surface area contributed by atoms with E-state index in [0.29, 0.717) is 5.92 Å². The molecule has 0 fully saturated rings. The number of nitrogens with two attached hydrogens (primary N) is 1. The third-order valence-electron chi connectivity index (χ3n) is 3.38. The lowest BCUT2D eigenvalue weighted by molar-refractivity contribution is 0.466. The van der Waals surface area contributed by atoms with E-state index in [4.69, 9.17) is 5.73 Å². The lowest BCUT2D eigenvalue weighted by Gasteiger charge is -2.20. The third-order valence-corrected chi connectivity index (χ3v) is 3.38. The molecule has 0 amide bonds. The molecular formula is C13H16N4. The molecule has 88 valence electrons. The first kappa shape index (κ1) is 10.3. The van der Waals surface area contributed by atoms with Crippen molar-refractivity contribution in [3.63, 3.8) is 0 Å². The molecule has 3 rings (SSSR count). The van der Waals surface area contributed by atoms with Crippen LogP contribution in [0, 0.1) is 0 Å². The summed E-state index contributed by atoms with van der Waals surface area (Å²) in [6.45, 7) is 3.22. The summed E-state index contributed by atoms with van der Waals surface area (Å²) >= 11 is 0. The molecule has 1 aromatic carbocycles. The fraction of sp³-hybridized carbons (Fsp3) is 0.385. The van der Waals surface area contributed by atoms with Gasteiger partial charge in [0.15, 0.2) is 5.82 Å². The van der Waals surface area contributed by atoms with Crippen molar-refractivity contribution in [3.05, 3.63) is 30.1 Å². The normalized spacial score (nSPS) is 19.0. The van der Waals surface area contributed by atoms with E-state index in [-0.39, 0.29) is 0 Å². The number of aromatic nitrogens is 3. The Balaban J connectivity index is 2.10. The third kappa shape index (κ3) is 1.69. The molecule has 1 aliphatic heterocycles. The zero-order chi connectivity index (χ0) is 11.8. The first-order valence-corrected chi connectivity index (χ1v) is 6.04. The standard InChI is InChI=1S/C13H16N4/c1-9-4-3-7-17-12(9)15-16-13(17)10-5-2-6-11(14)8-10/h2,5-6,8-9H,3-4,7,14H2,1H3. The number of nitrogen functional groups attached to an aromatic ring is 1. The Morgan fingerprint density at radius 2 is 2.24 bits per heavy atom. The van der Waals surface area contributed by atoms with Gasteiger partial charge >= 0.3 is 0 Å². The van der Waals surface area contributed by atoms with E-state index in [0.717, 1.165) is 29.4 Å². The van der Waals surface area contributed by atoms with Crippen LogP contribution in [0.4, 0.5) is 5.69 Å². The smallest absolute Gasteiger partial charge is 0.164 e. The highest BCUT2D eigenvalue weighted by Gasteiger charge is 2.22. The molecule has 0 saturated carbocycles. The number of benzene rings is 1. The zero-order valence-electron chi connectivity index (χ0n) is 9.93. The first-order chi connectivity index (χ1) is 8.25. The molecule has 1 atom stereocenters. The van der Waals surface area contributed by atoms with Crippen molar-refractivity contribution >= 4 is 5.69 Å². The van der Waals surface area contributed by atoms with Crippen LogP contribution < -0.4 is 5.73 Å². The average molecular weight is 228 g/mol. The van der Waals surface area contributed by atoms with E-state index >= 15 is 0 Å². The second-order valence-electron chi connectivity index (χ2n) is 4.70. The summed E-state index contributed by atoms with van der Waals surface area (Å²) in [6.07, 6.45) is 2.40. The highest BCUT2D eigenvalue weighted by molar-refractivity contribution is 5.61. The predicted octanol–water partition coefficient (Wildman–Crippen LogP) is 2.42. The zero-order valence-corrected chi connectivity index (χ0v) is 9.93. The molecule has 1 unspecified atom stereocenters. The molecule has 4 heteroatoms. The summed E-state index contributed by atoms with van der Waals surface area (Å²) in [7, 11) is 0. The van der Waals surface area contributed by atoms with E-state index in [1.165, 1.54) is 12.8 Å². The molecule has 4 nitrogen and oxygen atoms in total. The van der Waals surface area contributed by atoms with Crippen molar-refractivity contribution in [1.29, 1.82) is 0 Å². The molecule has 0 spiro atoms. The molecular weight excluding hydrogens is 212 g/mol. The summed E-state index contributed by atoms with van der Waals surface area (Å²) in [5.41, 5.74) is 7.63. The van der Waals surface area contributed by atoms with Gasteiger partial charge in [-0.25, -0.2) is 0 Å². The molecule has 1 aliphatic rings. The van der Waals surface area contributed by atoms with Crippen molar-refractivity contribution in [1.82, 2.24) is 14.8 Å². The predicted molar refractivity (Wildman–Crippen MR) is 67.5 cm³/mol. The number of nitrogens with zero attached hydrogens (tertiary/aromatic N) is 3. The largest absolute Gasteiger partial charge is 0.399 e. The van der Waals surface area contributed by atoms with Gasteiger partial charge in [-0.15, -0.1) is 10.2 Å². The minimum absolute atomic E-state index is 0.506. The molecule has 2 aromatic rings. The van der Waals surface area contributed by atoms with Gasteiger partial charge in [0.25, 0.3) is 0 Å². The molecule has 0 bridgehead atoms. The second kappa shape index (κ2) is 3.87. The fourth-order valence-electron chi connectivity index (χ4n) is 2.48. The molecule has 17 heavy (non-hydrogen) atoms. The van der Waals surface area contributed by atoms with Gasteiger partial charge in [0.1, 0.15) is 5.82 Å². The highest BCUT2D eigenvalue weighted by atomic mass is 15.3. The Morgan fingerprint density at radius 1 is 1.35 bits per heavy atom. The average Bonchev–Trinajstić information content (AvgIpc) is 2.74. The molecule has 0 saturated heterocycles. The maximum Gasteiger partial charge on any atom is 0.164 e. The van der Waals surface area contributed by atoms with Crippen LogP contribution in [0.3, 0.4) is 0 Å². The van der Waals surface area contributed by atoms with Gasteiger partial charge in [-0.1, -0.05) is 19.1 Å². The van der Waals surface area contributed by atoms with E-state index in [1.807, 2.05) is 24.3 Å². The SMILES string of the molecule is CC1CCCn2c(-c3cccc(N)c3)nnc21. The van der Waals surface area contributed by atoms with Crippen LogP contribution >= 0.6 is 0 Å². The van der Waals surface area contributed by atoms with E-state index in [2.05, 4.69) is 21.7 Å². The molecule has 0 aliphatic carbocycles. The summed E-state index contributed by atoms with van der Waals surface area (Å²) < 4.78 is 2.23. The van der Waals surface area contributed by atoms with Gasteiger partial charge < -0.3 is 10.3 Å². The summed E-state index contributed by atoms with van der Waals surface area (Å²) in [5, 5.41) is 8.63. The van der Waals surface area contributed by atoms with Gasteiger partial charge in [-0.3, -0.25) is 0 Å². The number of hydrogen-bond donors (Lipinski definition) is 1.